The number of pyridine rings is 1. The number of nitrogens with one attached hydrogen (secondary N) is 1. The molecule has 0 saturated carbocycles. The van der Waals surface area contributed by atoms with Crippen molar-refractivity contribution in [3.05, 3.63) is 18.3 Å². The number of hydrogen-bond donors (Lipinski definition) is 2. The van der Waals surface area contributed by atoms with Crippen molar-refractivity contribution in [2.45, 2.75) is 32.7 Å². The van der Waals surface area contributed by atoms with Crippen molar-refractivity contribution in [2.24, 2.45) is 5.73 Å². The van der Waals surface area contributed by atoms with Gasteiger partial charge in [-0.15, -0.1) is 0 Å². The Morgan fingerprint density at radius 1 is 1.56 bits per heavy atom. The number of anilines is 1. The van der Waals surface area contributed by atoms with Gasteiger partial charge in [0.1, 0.15) is 0 Å². The standard InChI is InChI=1S/C12H21N3O/c1-3-16-11-7-5-9-14-12(11)15-10(2)6-4-8-13/h5,7,9-10H,3-4,6,8,13H2,1-2H3,(H,14,15). The lowest BCUT2D eigenvalue weighted by molar-refractivity contribution is 0.340. The van der Waals surface area contributed by atoms with Gasteiger partial charge in [0.05, 0.1) is 6.61 Å². The van der Waals surface area contributed by atoms with E-state index >= 15 is 0 Å². The number of nitrogens with two attached hydrogens (primary N) is 1. The molecular formula is C12H21N3O. The molecule has 0 saturated heterocycles. The highest BCUT2D eigenvalue weighted by Gasteiger charge is 2.07. The summed E-state index contributed by atoms with van der Waals surface area (Å²) in [6.07, 6.45) is 3.82. The second kappa shape index (κ2) is 7.06. The predicted octanol–water partition coefficient (Wildman–Crippen LogP) is 2.02. The molecule has 0 aliphatic rings. The molecule has 4 nitrogen and oxygen atoms in total. The van der Waals surface area contributed by atoms with E-state index in [1.54, 1.807) is 6.20 Å². The number of ether oxygens (including phenoxy) is 1. The molecule has 1 heterocycles. The number of nitrogens with zero attached hydrogens (tertiary/aromatic N) is 1. The smallest absolute Gasteiger partial charge is 0.168 e. The first kappa shape index (κ1) is 12.8. The summed E-state index contributed by atoms with van der Waals surface area (Å²) in [5.74, 6) is 1.62. The van der Waals surface area contributed by atoms with Crippen molar-refractivity contribution >= 4 is 5.82 Å². The fourth-order valence-corrected chi connectivity index (χ4v) is 1.50. The van der Waals surface area contributed by atoms with Gasteiger partial charge in [0.2, 0.25) is 0 Å². The molecule has 1 rings (SSSR count). The molecule has 16 heavy (non-hydrogen) atoms. The molecule has 0 fully saturated rings. The first-order valence-corrected chi connectivity index (χ1v) is 5.82. The number of rotatable bonds is 7. The van der Waals surface area contributed by atoms with Gasteiger partial charge in [-0.05, 0) is 45.4 Å². The van der Waals surface area contributed by atoms with Gasteiger partial charge < -0.3 is 15.8 Å². The van der Waals surface area contributed by atoms with Gasteiger partial charge in [0, 0.05) is 12.2 Å². The molecule has 0 amide bonds. The third kappa shape index (κ3) is 4.06. The zero-order valence-corrected chi connectivity index (χ0v) is 10.1. The SMILES string of the molecule is CCOc1cccnc1NC(C)CCCN. The molecule has 1 atom stereocenters. The van der Waals surface area contributed by atoms with Gasteiger partial charge in [-0.25, -0.2) is 4.98 Å². The van der Waals surface area contributed by atoms with E-state index in [9.17, 15) is 0 Å². The van der Waals surface area contributed by atoms with Crippen molar-refractivity contribution < 1.29 is 4.74 Å². The predicted molar refractivity (Wildman–Crippen MR) is 66.8 cm³/mol. The molecule has 0 aromatic carbocycles. The summed E-state index contributed by atoms with van der Waals surface area (Å²) in [5, 5.41) is 3.34. The second-order valence-corrected chi connectivity index (χ2v) is 3.76. The summed E-state index contributed by atoms with van der Waals surface area (Å²) in [4.78, 5) is 4.28. The maximum absolute atomic E-state index is 5.49. The first-order valence-electron chi connectivity index (χ1n) is 5.82. The van der Waals surface area contributed by atoms with Crippen LogP contribution < -0.4 is 15.8 Å². The topological polar surface area (TPSA) is 60.2 Å². The van der Waals surface area contributed by atoms with E-state index in [0.29, 0.717) is 12.6 Å². The summed E-state index contributed by atoms with van der Waals surface area (Å²) in [6, 6.07) is 4.16. The molecule has 3 N–H and O–H groups in total. The number of hydrogen-bond acceptors (Lipinski definition) is 4. The van der Waals surface area contributed by atoms with Crippen molar-refractivity contribution in [2.75, 3.05) is 18.5 Å². The van der Waals surface area contributed by atoms with E-state index in [0.717, 1.165) is 31.0 Å². The molecule has 4 heteroatoms. The highest BCUT2D eigenvalue weighted by atomic mass is 16.5. The van der Waals surface area contributed by atoms with Crippen LogP contribution in [0.2, 0.25) is 0 Å². The third-order valence-corrected chi connectivity index (χ3v) is 2.29. The Kier molecular flexibility index (Phi) is 5.64. The lowest BCUT2D eigenvalue weighted by Gasteiger charge is -2.16. The van der Waals surface area contributed by atoms with Crippen LogP contribution in [0, 0.1) is 0 Å². The van der Waals surface area contributed by atoms with Gasteiger partial charge in [-0.1, -0.05) is 0 Å². The Morgan fingerprint density at radius 2 is 2.38 bits per heavy atom. The van der Waals surface area contributed by atoms with Gasteiger partial charge in [-0.3, -0.25) is 0 Å². The molecule has 90 valence electrons. The summed E-state index contributed by atoms with van der Waals surface area (Å²) < 4.78 is 5.49. The highest BCUT2D eigenvalue weighted by molar-refractivity contribution is 5.49. The van der Waals surface area contributed by atoms with Crippen LogP contribution in [0.1, 0.15) is 26.7 Å². The zero-order valence-electron chi connectivity index (χ0n) is 10.1. The van der Waals surface area contributed by atoms with Gasteiger partial charge in [0.25, 0.3) is 0 Å². The molecule has 1 aromatic heterocycles. The fraction of sp³-hybridized carbons (Fsp3) is 0.583. The van der Waals surface area contributed by atoms with Crippen LogP contribution in [0.3, 0.4) is 0 Å². The normalized spacial score (nSPS) is 12.2. The number of aromatic nitrogens is 1. The molecule has 1 unspecified atom stereocenters. The quantitative estimate of drug-likeness (QED) is 0.742. The summed E-state index contributed by atoms with van der Waals surface area (Å²) in [6.45, 7) is 5.47. The summed E-state index contributed by atoms with van der Waals surface area (Å²) in [5.41, 5.74) is 5.48. The Bertz CT molecular complexity index is 304. The van der Waals surface area contributed by atoms with E-state index in [1.165, 1.54) is 0 Å². The van der Waals surface area contributed by atoms with Crippen LogP contribution in [-0.2, 0) is 0 Å². The maximum atomic E-state index is 5.49. The molecule has 0 radical (unpaired) electrons. The molecule has 0 aliphatic carbocycles. The van der Waals surface area contributed by atoms with Crippen molar-refractivity contribution in [1.82, 2.24) is 4.98 Å². The van der Waals surface area contributed by atoms with E-state index in [4.69, 9.17) is 10.5 Å². The summed E-state index contributed by atoms with van der Waals surface area (Å²) in [7, 11) is 0. The van der Waals surface area contributed by atoms with Crippen LogP contribution >= 0.6 is 0 Å². The average Bonchev–Trinajstić information content (AvgIpc) is 2.29. The Balaban J connectivity index is 2.57. The van der Waals surface area contributed by atoms with Gasteiger partial charge in [-0.2, -0.15) is 0 Å². The average molecular weight is 223 g/mol. The van der Waals surface area contributed by atoms with Crippen LogP contribution in [0.4, 0.5) is 5.82 Å². The molecule has 1 aromatic rings. The fourth-order valence-electron chi connectivity index (χ4n) is 1.50. The lowest BCUT2D eigenvalue weighted by atomic mass is 10.2. The van der Waals surface area contributed by atoms with Crippen LogP contribution in [0.5, 0.6) is 5.75 Å². The molecular weight excluding hydrogens is 202 g/mol. The zero-order chi connectivity index (χ0) is 11.8. The maximum Gasteiger partial charge on any atom is 0.168 e. The van der Waals surface area contributed by atoms with E-state index < -0.39 is 0 Å². The van der Waals surface area contributed by atoms with E-state index in [1.807, 2.05) is 19.1 Å². The van der Waals surface area contributed by atoms with Crippen molar-refractivity contribution in [3.8, 4) is 5.75 Å². The van der Waals surface area contributed by atoms with Crippen molar-refractivity contribution in [1.29, 1.82) is 0 Å². The minimum Gasteiger partial charge on any atom is -0.490 e. The first-order chi connectivity index (χ1) is 7.77. The molecule has 0 bridgehead atoms. The minimum absolute atomic E-state index is 0.359. The van der Waals surface area contributed by atoms with Gasteiger partial charge >= 0.3 is 0 Å². The minimum atomic E-state index is 0.359. The largest absolute Gasteiger partial charge is 0.490 e. The lowest BCUT2D eigenvalue weighted by Crippen LogP contribution is -2.18. The van der Waals surface area contributed by atoms with Gasteiger partial charge in [0.15, 0.2) is 11.6 Å². The van der Waals surface area contributed by atoms with Crippen molar-refractivity contribution in [3.63, 3.8) is 0 Å². The Labute approximate surface area is 97.2 Å². The second-order valence-electron chi connectivity index (χ2n) is 3.76. The monoisotopic (exact) mass is 223 g/mol. The van der Waals surface area contributed by atoms with Crippen LogP contribution in [0.15, 0.2) is 18.3 Å². The molecule has 0 aliphatic heterocycles. The summed E-state index contributed by atoms with van der Waals surface area (Å²) >= 11 is 0. The van der Waals surface area contributed by atoms with E-state index in [2.05, 4.69) is 17.2 Å². The Morgan fingerprint density at radius 3 is 3.06 bits per heavy atom. The third-order valence-electron chi connectivity index (χ3n) is 2.29. The van der Waals surface area contributed by atoms with E-state index in [-0.39, 0.29) is 0 Å². The Hall–Kier alpha value is -1.29. The molecule has 0 spiro atoms. The highest BCUT2D eigenvalue weighted by Crippen LogP contribution is 2.21. The van der Waals surface area contributed by atoms with Crippen LogP contribution in [-0.4, -0.2) is 24.2 Å². The van der Waals surface area contributed by atoms with Crippen LogP contribution in [0.25, 0.3) is 0 Å².